The number of nitrogens with one attached hydrogen (secondary N) is 2. The highest BCUT2D eigenvalue weighted by Gasteiger charge is 2.16. The van der Waals surface area contributed by atoms with E-state index in [4.69, 9.17) is 17.3 Å². The van der Waals surface area contributed by atoms with Crippen molar-refractivity contribution in [3.05, 3.63) is 59.0 Å². The van der Waals surface area contributed by atoms with Crippen LogP contribution in [0.25, 0.3) is 0 Å². The molecular formula is C20H24ClN7O. The van der Waals surface area contributed by atoms with Crippen LogP contribution in [0.15, 0.2) is 53.4 Å². The molecule has 0 saturated carbocycles. The number of anilines is 2. The third-order valence-electron chi connectivity index (χ3n) is 4.40. The molecule has 1 amide bonds. The van der Waals surface area contributed by atoms with E-state index in [0.29, 0.717) is 29.0 Å². The Morgan fingerprint density at radius 2 is 2.03 bits per heavy atom. The lowest BCUT2D eigenvalue weighted by molar-refractivity contribution is -0.128. The SMILES string of the molecule is NC=C(C=NCC(=O)N1CCCC1)Nc1ncc(Cl)c(NCc2ccccc2)n1. The molecule has 1 aromatic carbocycles. The molecule has 152 valence electrons. The second kappa shape index (κ2) is 10.4. The standard InChI is InChI=1S/C20H24ClN7O/c21-17-13-25-20(27-19(17)24-11-15-6-2-1-3-7-15)26-16(10-22)12-23-14-18(29)28-8-4-5-9-28/h1-3,6-7,10,12-13H,4-5,8-9,11,14,22H2,(H2,24,25,26,27). The van der Waals surface area contributed by atoms with Gasteiger partial charge in [0.25, 0.3) is 0 Å². The number of benzene rings is 1. The Balaban J connectivity index is 1.57. The van der Waals surface area contributed by atoms with E-state index in [1.807, 2.05) is 35.2 Å². The zero-order valence-electron chi connectivity index (χ0n) is 16.0. The number of rotatable bonds is 8. The second-order valence-electron chi connectivity index (χ2n) is 6.53. The maximum absolute atomic E-state index is 12.0. The summed E-state index contributed by atoms with van der Waals surface area (Å²) in [6, 6.07) is 9.92. The second-order valence-corrected chi connectivity index (χ2v) is 6.94. The molecular weight excluding hydrogens is 390 g/mol. The third-order valence-corrected chi connectivity index (χ3v) is 4.67. The molecule has 2 heterocycles. The largest absolute Gasteiger partial charge is 0.403 e. The van der Waals surface area contributed by atoms with Gasteiger partial charge in [0.05, 0.1) is 11.9 Å². The molecule has 3 rings (SSSR count). The summed E-state index contributed by atoms with van der Waals surface area (Å²) in [4.78, 5) is 26.6. The van der Waals surface area contributed by atoms with E-state index in [0.717, 1.165) is 31.5 Å². The highest BCUT2D eigenvalue weighted by Crippen LogP contribution is 2.20. The van der Waals surface area contributed by atoms with Crippen LogP contribution in [0.2, 0.25) is 5.02 Å². The summed E-state index contributed by atoms with van der Waals surface area (Å²) in [5.41, 5.74) is 7.24. The molecule has 8 nitrogen and oxygen atoms in total. The van der Waals surface area contributed by atoms with Gasteiger partial charge in [-0.15, -0.1) is 0 Å². The van der Waals surface area contributed by atoms with E-state index in [2.05, 4.69) is 25.6 Å². The minimum atomic E-state index is 0.0188. The first-order valence-electron chi connectivity index (χ1n) is 9.42. The van der Waals surface area contributed by atoms with Crippen molar-refractivity contribution in [1.82, 2.24) is 14.9 Å². The monoisotopic (exact) mass is 413 g/mol. The van der Waals surface area contributed by atoms with Crippen molar-refractivity contribution in [2.75, 3.05) is 30.3 Å². The van der Waals surface area contributed by atoms with E-state index in [9.17, 15) is 4.79 Å². The van der Waals surface area contributed by atoms with Crippen molar-refractivity contribution in [3.63, 3.8) is 0 Å². The molecule has 2 aromatic rings. The van der Waals surface area contributed by atoms with Crippen molar-refractivity contribution >= 4 is 35.5 Å². The number of carbonyl (C=O) groups excluding carboxylic acids is 1. The molecule has 0 unspecified atom stereocenters. The van der Waals surface area contributed by atoms with E-state index < -0.39 is 0 Å². The summed E-state index contributed by atoms with van der Waals surface area (Å²) < 4.78 is 0. The normalized spacial score (nSPS) is 14.4. The molecule has 0 radical (unpaired) electrons. The Labute approximate surface area is 174 Å². The van der Waals surface area contributed by atoms with Gasteiger partial charge in [-0.3, -0.25) is 9.79 Å². The van der Waals surface area contributed by atoms with Gasteiger partial charge in [-0.05, 0) is 18.4 Å². The van der Waals surface area contributed by atoms with Crippen LogP contribution in [-0.4, -0.2) is 46.6 Å². The number of hydrogen-bond acceptors (Lipinski definition) is 7. The first kappa shape index (κ1) is 20.6. The van der Waals surface area contributed by atoms with Gasteiger partial charge < -0.3 is 21.3 Å². The lowest BCUT2D eigenvalue weighted by Gasteiger charge is -2.13. The minimum absolute atomic E-state index is 0.0188. The van der Waals surface area contributed by atoms with Crippen molar-refractivity contribution in [3.8, 4) is 0 Å². The molecule has 1 saturated heterocycles. The average Bonchev–Trinajstić information content (AvgIpc) is 3.29. The summed E-state index contributed by atoms with van der Waals surface area (Å²) in [6.45, 7) is 2.29. The molecule has 29 heavy (non-hydrogen) atoms. The van der Waals surface area contributed by atoms with Crippen molar-refractivity contribution in [2.24, 2.45) is 10.7 Å². The van der Waals surface area contributed by atoms with E-state index >= 15 is 0 Å². The Morgan fingerprint density at radius 3 is 2.76 bits per heavy atom. The highest BCUT2D eigenvalue weighted by atomic mass is 35.5. The maximum atomic E-state index is 12.0. The molecule has 4 N–H and O–H groups in total. The predicted octanol–water partition coefficient (Wildman–Crippen LogP) is 2.65. The lowest BCUT2D eigenvalue weighted by Crippen LogP contribution is -2.29. The first-order valence-corrected chi connectivity index (χ1v) is 9.80. The summed E-state index contributed by atoms with van der Waals surface area (Å²) in [5.74, 6) is 0.842. The van der Waals surface area contributed by atoms with Crippen LogP contribution < -0.4 is 16.4 Å². The third kappa shape index (κ3) is 6.18. The number of allylic oxidation sites excluding steroid dienone is 1. The molecule has 1 aromatic heterocycles. The number of halogens is 1. The van der Waals surface area contributed by atoms with Crippen molar-refractivity contribution in [2.45, 2.75) is 19.4 Å². The Kier molecular flexibility index (Phi) is 7.40. The van der Waals surface area contributed by atoms with Crippen LogP contribution in [0, 0.1) is 0 Å². The number of amides is 1. The fourth-order valence-corrected chi connectivity index (χ4v) is 3.03. The average molecular weight is 414 g/mol. The molecule has 0 atom stereocenters. The number of aliphatic imine (C=N–C) groups is 1. The summed E-state index contributed by atoms with van der Waals surface area (Å²) in [7, 11) is 0. The fraction of sp³-hybridized carbons (Fsp3) is 0.300. The number of hydrogen-bond donors (Lipinski definition) is 3. The van der Waals surface area contributed by atoms with Gasteiger partial charge in [0.2, 0.25) is 11.9 Å². The van der Waals surface area contributed by atoms with Crippen LogP contribution in [0.3, 0.4) is 0 Å². The van der Waals surface area contributed by atoms with E-state index in [1.54, 1.807) is 0 Å². The van der Waals surface area contributed by atoms with Crippen molar-refractivity contribution in [1.29, 1.82) is 0 Å². The van der Waals surface area contributed by atoms with Crippen LogP contribution in [0.5, 0.6) is 0 Å². The zero-order valence-corrected chi connectivity index (χ0v) is 16.8. The Hall–Kier alpha value is -3.13. The van der Waals surface area contributed by atoms with Gasteiger partial charge >= 0.3 is 0 Å². The van der Waals surface area contributed by atoms with E-state index in [-0.39, 0.29) is 12.5 Å². The molecule has 9 heteroatoms. The Morgan fingerprint density at radius 1 is 1.28 bits per heavy atom. The zero-order chi connectivity index (χ0) is 20.5. The van der Waals surface area contributed by atoms with Crippen LogP contribution in [-0.2, 0) is 11.3 Å². The Bertz CT molecular complexity index is 880. The molecule has 1 fully saturated rings. The summed E-state index contributed by atoms with van der Waals surface area (Å²) in [6.07, 6.45) is 6.47. The van der Waals surface area contributed by atoms with E-state index in [1.165, 1.54) is 18.6 Å². The topological polar surface area (TPSA) is 109 Å². The lowest BCUT2D eigenvalue weighted by atomic mass is 10.2. The maximum Gasteiger partial charge on any atom is 0.244 e. The molecule has 1 aliphatic rings. The molecule has 0 bridgehead atoms. The van der Waals surface area contributed by atoms with Gasteiger partial charge in [-0.2, -0.15) is 4.98 Å². The van der Waals surface area contributed by atoms with Gasteiger partial charge in [0.1, 0.15) is 11.6 Å². The highest BCUT2D eigenvalue weighted by molar-refractivity contribution is 6.32. The molecule has 1 aliphatic heterocycles. The van der Waals surface area contributed by atoms with Gasteiger partial charge in [0.15, 0.2) is 5.82 Å². The van der Waals surface area contributed by atoms with Crippen molar-refractivity contribution < 1.29 is 4.79 Å². The molecule has 0 spiro atoms. The number of nitrogens with two attached hydrogens (primary N) is 1. The summed E-state index contributed by atoms with van der Waals surface area (Å²) in [5, 5.41) is 6.58. The molecule has 0 aliphatic carbocycles. The van der Waals surface area contributed by atoms with Gasteiger partial charge in [-0.1, -0.05) is 41.9 Å². The van der Waals surface area contributed by atoms with Crippen LogP contribution >= 0.6 is 11.6 Å². The minimum Gasteiger partial charge on any atom is -0.403 e. The predicted molar refractivity (Wildman–Crippen MR) is 116 cm³/mol. The summed E-state index contributed by atoms with van der Waals surface area (Å²) >= 11 is 6.19. The number of aromatic nitrogens is 2. The van der Waals surface area contributed by atoms with Crippen LogP contribution in [0.1, 0.15) is 18.4 Å². The number of nitrogens with zero attached hydrogens (tertiary/aromatic N) is 4. The first-order chi connectivity index (χ1) is 14.2. The quantitative estimate of drug-likeness (QED) is 0.574. The number of likely N-dealkylation sites (tertiary alicyclic amines) is 1. The van der Waals surface area contributed by atoms with Gasteiger partial charge in [-0.25, -0.2) is 4.98 Å². The number of carbonyl (C=O) groups is 1. The van der Waals surface area contributed by atoms with Crippen LogP contribution in [0.4, 0.5) is 11.8 Å². The fourth-order valence-electron chi connectivity index (χ4n) is 2.87. The van der Waals surface area contributed by atoms with Gasteiger partial charge in [0, 0.05) is 32.0 Å². The smallest absolute Gasteiger partial charge is 0.244 e.